The quantitative estimate of drug-likeness (QED) is 0.723. The van der Waals surface area contributed by atoms with Gasteiger partial charge in [-0.2, -0.15) is 0 Å². The molecule has 0 aliphatic carbocycles. The van der Waals surface area contributed by atoms with Crippen molar-refractivity contribution in [3.63, 3.8) is 0 Å². The highest BCUT2D eigenvalue weighted by Gasteiger charge is 2.24. The van der Waals surface area contributed by atoms with Crippen molar-refractivity contribution < 1.29 is 14.7 Å². The highest BCUT2D eigenvalue weighted by molar-refractivity contribution is 6.19. The van der Waals surface area contributed by atoms with Gasteiger partial charge in [-0.3, -0.25) is 4.79 Å². The van der Waals surface area contributed by atoms with Gasteiger partial charge in [-0.05, 0) is 25.0 Å². The summed E-state index contributed by atoms with van der Waals surface area (Å²) in [6.07, 6.45) is 0. The minimum absolute atomic E-state index is 0.0342. The molecule has 2 aromatic carbocycles. The maximum atomic E-state index is 12.6. The molecule has 0 spiro atoms. The number of nitrogens with one attached hydrogen (secondary N) is 1. The van der Waals surface area contributed by atoms with Crippen LogP contribution in [0.1, 0.15) is 37.5 Å². The summed E-state index contributed by atoms with van der Waals surface area (Å²) in [5, 5.41) is 10.1. The number of aromatic carboxylic acids is 1. The van der Waals surface area contributed by atoms with Crippen LogP contribution < -0.4 is 0 Å². The number of carbonyl (C=O) groups is 2. The number of hydrogen-bond acceptors (Lipinski definition) is 2. The number of H-pyrrole nitrogens is 1. The molecular formula is C18H15NO3. The van der Waals surface area contributed by atoms with E-state index in [2.05, 4.69) is 4.98 Å². The van der Waals surface area contributed by atoms with Gasteiger partial charge in [0, 0.05) is 10.9 Å². The predicted octanol–water partition coefficient (Wildman–Crippen LogP) is 3.71. The number of aromatic amines is 1. The van der Waals surface area contributed by atoms with Gasteiger partial charge in [-0.1, -0.05) is 42.5 Å². The smallest absolute Gasteiger partial charge is 0.338 e. The lowest BCUT2D eigenvalue weighted by molar-refractivity contribution is 0.0695. The first kappa shape index (κ1) is 14.1. The molecule has 1 heterocycles. The predicted molar refractivity (Wildman–Crippen MR) is 84.6 cm³/mol. The van der Waals surface area contributed by atoms with E-state index in [1.54, 1.807) is 30.3 Å². The van der Waals surface area contributed by atoms with Gasteiger partial charge in [0.25, 0.3) is 0 Å². The molecule has 4 heteroatoms. The van der Waals surface area contributed by atoms with Gasteiger partial charge in [0.05, 0.1) is 11.1 Å². The molecular weight excluding hydrogens is 278 g/mol. The zero-order chi connectivity index (χ0) is 15.9. The Morgan fingerprint density at radius 1 is 1.00 bits per heavy atom. The summed E-state index contributed by atoms with van der Waals surface area (Å²) >= 11 is 0. The molecule has 0 atom stereocenters. The highest BCUT2D eigenvalue weighted by atomic mass is 16.4. The van der Waals surface area contributed by atoms with Crippen LogP contribution in [-0.2, 0) is 0 Å². The van der Waals surface area contributed by atoms with Crippen LogP contribution in [0.25, 0.3) is 10.9 Å². The molecule has 3 rings (SSSR count). The van der Waals surface area contributed by atoms with Crippen molar-refractivity contribution >= 4 is 22.7 Å². The Balaban J connectivity index is 2.30. The summed E-state index contributed by atoms with van der Waals surface area (Å²) in [6.45, 7) is 3.87. The highest BCUT2D eigenvalue weighted by Crippen LogP contribution is 2.28. The van der Waals surface area contributed by atoms with Gasteiger partial charge < -0.3 is 10.1 Å². The zero-order valence-corrected chi connectivity index (χ0v) is 12.3. The maximum absolute atomic E-state index is 12.6. The lowest BCUT2D eigenvalue weighted by Crippen LogP contribution is -2.08. The summed E-state index contributed by atoms with van der Waals surface area (Å²) in [5.74, 6) is -1.42. The van der Waals surface area contributed by atoms with Gasteiger partial charge in [-0.25, -0.2) is 4.79 Å². The zero-order valence-electron chi connectivity index (χ0n) is 12.3. The summed E-state index contributed by atoms with van der Waals surface area (Å²) in [7, 11) is 0. The first-order valence-corrected chi connectivity index (χ1v) is 6.95. The molecule has 110 valence electrons. The molecule has 0 unspecified atom stereocenters. The van der Waals surface area contributed by atoms with Crippen LogP contribution in [0, 0.1) is 13.8 Å². The molecule has 22 heavy (non-hydrogen) atoms. The van der Waals surface area contributed by atoms with Crippen molar-refractivity contribution in [2.75, 3.05) is 0 Å². The number of benzene rings is 2. The standard InChI is InChI=1S/C18H15NO3/c1-10-8-9-13-14(18(21)22)16(19-15(13)11(10)2)17(20)12-6-4-3-5-7-12/h3-9,19H,1-2H3,(H,21,22). The largest absolute Gasteiger partial charge is 0.478 e. The molecule has 0 fully saturated rings. The van der Waals surface area contributed by atoms with Crippen LogP contribution in [0.5, 0.6) is 0 Å². The molecule has 2 N–H and O–H groups in total. The summed E-state index contributed by atoms with van der Waals surface area (Å²) < 4.78 is 0. The molecule has 0 saturated carbocycles. The summed E-state index contributed by atoms with van der Waals surface area (Å²) in [5.41, 5.74) is 3.33. The van der Waals surface area contributed by atoms with E-state index in [-0.39, 0.29) is 17.0 Å². The van der Waals surface area contributed by atoms with Crippen molar-refractivity contribution in [1.29, 1.82) is 0 Å². The summed E-state index contributed by atoms with van der Waals surface area (Å²) in [6, 6.07) is 12.3. The van der Waals surface area contributed by atoms with E-state index in [9.17, 15) is 14.7 Å². The molecule has 3 aromatic rings. The molecule has 0 bridgehead atoms. The van der Waals surface area contributed by atoms with Gasteiger partial charge in [0.1, 0.15) is 5.69 Å². The maximum Gasteiger partial charge on any atom is 0.338 e. The third-order valence-corrected chi connectivity index (χ3v) is 3.98. The van der Waals surface area contributed by atoms with Crippen molar-refractivity contribution in [3.05, 3.63) is 70.4 Å². The Bertz CT molecular complexity index is 892. The minimum Gasteiger partial charge on any atom is -0.478 e. The first-order valence-electron chi connectivity index (χ1n) is 6.95. The third-order valence-electron chi connectivity index (χ3n) is 3.98. The molecule has 0 amide bonds. The molecule has 0 saturated heterocycles. The second kappa shape index (κ2) is 5.15. The van der Waals surface area contributed by atoms with Crippen LogP contribution >= 0.6 is 0 Å². The Kier molecular flexibility index (Phi) is 3.29. The molecule has 0 radical (unpaired) electrons. The van der Waals surface area contributed by atoms with Crippen molar-refractivity contribution in [2.45, 2.75) is 13.8 Å². The van der Waals surface area contributed by atoms with Crippen molar-refractivity contribution in [2.24, 2.45) is 0 Å². The van der Waals surface area contributed by atoms with E-state index in [0.717, 1.165) is 11.1 Å². The fourth-order valence-corrected chi connectivity index (χ4v) is 2.63. The average molecular weight is 293 g/mol. The monoisotopic (exact) mass is 293 g/mol. The SMILES string of the molecule is Cc1ccc2c(C(=O)O)c(C(=O)c3ccccc3)[nH]c2c1C. The Morgan fingerprint density at radius 2 is 1.68 bits per heavy atom. The van der Waals surface area contributed by atoms with E-state index in [4.69, 9.17) is 0 Å². The number of aryl methyl sites for hydroxylation is 2. The lowest BCUT2D eigenvalue weighted by atomic mass is 10.0. The summed E-state index contributed by atoms with van der Waals surface area (Å²) in [4.78, 5) is 27.3. The lowest BCUT2D eigenvalue weighted by Gasteiger charge is -2.01. The van der Waals surface area contributed by atoms with Gasteiger partial charge in [-0.15, -0.1) is 0 Å². The molecule has 4 nitrogen and oxygen atoms in total. The second-order valence-corrected chi connectivity index (χ2v) is 5.31. The van der Waals surface area contributed by atoms with E-state index in [0.29, 0.717) is 16.5 Å². The van der Waals surface area contributed by atoms with Crippen LogP contribution in [-0.4, -0.2) is 21.8 Å². The number of carbonyl (C=O) groups excluding carboxylic acids is 1. The van der Waals surface area contributed by atoms with E-state index < -0.39 is 5.97 Å². The molecule has 0 aliphatic heterocycles. The van der Waals surface area contributed by atoms with Crippen LogP contribution in [0.4, 0.5) is 0 Å². The second-order valence-electron chi connectivity index (χ2n) is 5.31. The fraction of sp³-hybridized carbons (Fsp3) is 0.111. The van der Waals surface area contributed by atoms with Crippen LogP contribution in [0.2, 0.25) is 0 Å². The average Bonchev–Trinajstić information content (AvgIpc) is 2.91. The normalized spacial score (nSPS) is 10.8. The van der Waals surface area contributed by atoms with E-state index in [1.807, 2.05) is 26.0 Å². The minimum atomic E-state index is -1.10. The first-order chi connectivity index (χ1) is 10.5. The van der Waals surface area contributed by atoms with Gasteiger partial charge in [0.15, 0.2) is 0 Å². The van der Waals surface area contributed by atoms with E-state index >= 15 is 0 Å². The Labute approximate surface area is 127 Å². The Morgan fingerprint density at radius 3 is 2.32 bits per heavy atom. The van der Waals surface area contributed by atoms with E-state index in [1.165, 1.54) is 0 Å². The van der Waals surface area contributed by atoms with Crippen molar-refractivity contribution in [3.8, 4) is 0 Å². The van der Waals surface area contributed by atoms with Gasteiger partial charge in [0.2, 0.25) is 5.78 Å². The van der Waals surface area contributed by atoms with Gasteiger partial charge >= 0.3 is 5.97 Å². The number of carboxylic acids is 1. The molecule has 0 aliphatic rings. The molecule has 1 aromatic heterocycles. The third kappa shape index (κ3) is 2.09. The number of ketones is 1. The van der Waals surface area contributed by atoms with Crippen LogP contribution in [0.15, 0.2) is 42.5 Å². The number of fused-ring (bicyclic) bond motifs is 1. The number of rotatable bonds is 3. The number of carboxylic acid groups (broad SMARTS) is 1. The van der Waals surface area contributed by atoms with Crippen LogP contribution in [0.3, 0.4) is 0 Å². The van der Waals surface area contributed by atoms with Crippen molar-refractivity contribution in [1.82, 2.24) is 4.98 Å². The topological polar surface area (TPSA) is 70.2 Å². The Hall–Kier alpha value is -2.88. The fourth-order valence-electron chi connectivity index (χ4n) is 2.63. The number of aromatic nitrogens is 1. The number of hydrogen-bond donors (Lipinski definition) is 2.